The minimum atomic E-state index is -4.22. The fraction of sp³-hybridized carbons (Fsp3) is 0.471. The lowest BCUT2D eigenvalue weighted by Gasteiger charge is -2.34. The second-order valence-electron chi connectivity index (χ2n) is 6.45. The van der Waals surface area contributed by atoms with Gasteiger partial charge in [0.05, 0.1) is 11.4 Å². The topological polar surface area (TPSA) is 29.5 Å². The number of halogens is 3. The van der Waals surface area contributed by atoms with E-state index >= 15 is 0 Å². The van der Waals surface area contributed by atoms with Gasteiger partial charge in [0.2, 0.25) is 5.91 Å². The van der Waals surface area contributed by atoms with Crippen LogP contribution in [0, 0.1) is 0 Å². The molecule has 3 nitrogen and oxygen atoms in total. The molecule has 0 N–H and O–H groups in total. The zero-order valence-corrected chi connectivity index (χ0v) is 14.3. The van der Waals surface area contributed by atoms with E-state index in [9.17, 15) is 18.0 Å². The minimum absolute atomic E-state index is 0.0400. The Hall–Kier alpha value is -1.63. The van der Waals surface area contributed by atoms with Crippen LogP contribution in [-0.4, -0.2) is 34.9 Å². The summed E-state index contributed by atoms with van der Waals surface area (Å²) in [6.45, 7) is 4.41. The van der Waals surface area contributed by atoms with Crippen LogP contribution < -0.4 is 4.74 Å². The highest BCUT2D eigenvalue weighted by Gasteiger charge is 2.34. The summed E-state index contributed by atoms with van der Waals surface area (Å²) in [5.74, 6) is -0.313. The van der Waals surface area contributed by atoms with E-state index < -0.39 is 17.5 Å². The van der Waals surface area contributed by atoms with Gasteiger partial charge in [-0.25, -0.2) is 0 Å². The van der Waals surface area contributed by atoms with Gasteiger partial charge in [-0.05, 0) is 44.5 Å². The number of amides is 1. The van der Waals surface area contributed by atoms with E-state index in [0.717, 1.165) is 23.9 Å². The van der Waals surface area contributed by atoms with Gasteiger partial charge in [-0.3, -0.25) is 4.79 Å². The van der Waals surface area contributed by atoms with Crippen molar-refractivity contribution in [2.45, 2.75) is 43.4 Å². The maximum Gasteiger partial charge on any atom is 0.398 e. The van der Waals surface area contributed by atoms with Crippen molar-refractivity contribution < 1.29 is 22.7 Å². The van der Waals surface area contributed by atoms with Crippen LogP contribution in [0.4, 0.5) is 13.2 Å². The van der Waals surface area contributed by atoms with Crippen molar-refractivity contribution in [3.8, 4) is 5.75 Å². The SMILES string of the molecule is CC1(C)C=C(N2CCCC2=O)c2cc(SCC(F)(F)F)ccc2O1. The van der Waals surface area contributed by atoms with Crippen LogP contribution in [0.15, 0.2) is 29.2 Å². The average molecular weight is 357 g/mol. The molecule has 1 aromatic carbocycles. The summed E-state index contributed by atoms with van der Waals surface area (Å²) in [7, 11) is 0. The second kappa shape index (κ2) is 6.02. The van der Waals surface area contributed by atoms with Gasteiger partial charge in [0.15, 0.2) is 0 Å². The van der Waals surface area contributed by atoms with Crippen LogP contribution >= 0.6 is 11.8 Å². The number of nitrogens with zero attached hydrogens (tertiary/aromatic N) is 1. The highest BCUT2D eigenvalue weighted by atomic mass is 32.2. The summed E-state index contributed by atoms with van der Waals surface area (Å²) >= 11 is 0.734. The number of benzene rings is 1. The van der Waals surface area contributed by atoms with E-state index in [1.807, 2.05) is 19.9 Å². The number of likely N-dealkylation sites (tertiary alicyclic amines) is 1. The van der Waals surface area contributed by atoms with E-state index in [4.69, 9.17) is 4.74 Å². The Morgan fingerprint density at radius 3 is 2.71 bits per heavy atom. The number of hydrogen-bond donors (Lipinski definition) is 0. The lowest BCUT2D eigenvalue weighted by atomic mass is 9.98. The molecule has 1 saturated heterocycles. The third-order valence-corrected chi connectivity index (χ3v) is 4.91. The second-order valence-corrected chi connectivity index (χ2v) is 7.49. The summed E-state index contributed by atoms with van der Waals surface area (Å²) in [4.78, 5) is 14.3. The Kier molecular flexibility index (Phi) is 4.32. The van der Waals surface area contributed by atoms with Gasteiger partial charge in [-0.15, -0.1) is 11.8 Å². The molecule has 130 valence electrons. The van der Waals surface area contributed by atoms with Gasteiger partial charge in [-0.1, -0.05) is 0 Å². The lowest BCUT2D eigenvalue weighted by molar-refractivity contribution is -0.125. The molecule has 24 heavy (non-hydrogen) atoms. The molecule has 2 aliphatic rings. The van der Waals surface area contributed by atoms with Crippen LogP contribution in [0.3, 0.4) is 0 Å². The van der Waals surface area contributed by atoms with Crippen molar-refractivity contribution in [1.29, 1.82) is 0 Å². The number of ether oxygens (including phenoxy) is 1. The zero-order chi connectivity index (χ0) is 17.5. The Morgan fingerprint density at radius 1 is 1.33 bits per heavy atom. The molecule has 3 rings (SSSR count). The first-order chi connectivity index (χ1) is 11.1. The average Bonchev–Trinajstić information content (AvgIpc) is 2.89. The number of rotatable bonds is 3. The molecule has 0 bridgehead atoms. The first-order valence-electron chi connectivity index (χ1n) is 7.71. The van der Waals surface area contributed by atoms with Crippen molar-refractivity contribution in [2.24, 2.45) is 0 Å². The molecular weight excluding hydrogens is 339 g/mol. The fourth-order valence-corrected chi connectivity index (χ4v) is 3.60. The molecular formula is C17H18F3NO2S. The molecule has 0 aromatic heterocycles. The molecule has 1 fully saturated rings. The van der Waals surface area contributed by atoms with Crippen LogP contribution in [0.5, 0.6) is 5.75 Å². The number of carbonyl (C=O) groups excluding carboxylic acids is 1. The molecule has 0 atom stereocenters. The Bertz CT molecular complexity index is 698. The number of carbonyl (C=O) groups is 1. The van der Waals surface area contributed by atoms with Crippen LogP contribution in [0.2, 0.25) is 0 Å². The summed E-state index contributed by atoms with van der Waals surface area (Å²) in [5, 5.41) is 0. The highest BCUT2D eigenvalue weighted by molar-refractivity contribution is 7.99. The van der Waals surface area contributed by atoms with Crippen LogP contribution in [0.25, 0.3) is 5.70 Å². The number of alkyl halides is 3. The number of thioether (sulfide) groups is 1. The maximum absolute atomic E-state index is 12.4. The Labute approximate surface area is 142 Å². The van der Waals surface area contributed by atoms with Gasteiger partial charge in [-0.2, -0.15) is 13.2 Å². The minimum Gasteiger partial charge on any atom is -0.483 e. The van der Waals surface area contributed by atoms with Crippen LogP contribution in [0.1, 0.15) is 32.3 Å². The molecule has 0 aliphatic carbocycles. The van der Waals surface area contributed by atoms with Gasteiger partial charge >= 0.3 is 6.18 Å². The standard InChI is InChI=1S/C17H18F3NO2S/c1-16(2)9-13(21-7-3-4-15(21)22)12-8-11(5-6-14(12)23-16)24-10-17(18,19)20/h5-6,8-9H,3-4,7,10H2,1-2H3. The predicted octanol–water partition coefficient (Wildman–Crippen LogP) is 4.48. The van der Waals surface area contributed by atoms with Crippen LogP contribution in [-0.2, 0) is 4.79 Å². The Balaban J connectivity index is 1.95. The smallest absolute Gasteiger partial charge is 0.398 e. The van der Waals surface area contributed by atoms with E-state index in [-0.39, 0.29) is 5.91 Å². The third-order valence-electron chi connectivity index (χ3n) is 3.85. The summed E-state index contributed by atoms with van der Waals surface area (Å²) < 4.78 is 43.2. The molecule has 1 amide bonds. The number of hydrogen-bond acceptors (Lipinski definition) is 3. The first kappa shape index (κ1) is 17.2. The monoisotopic (exact) mass is 357 g/mol. The summed E-state index contributed by atoms with van der Waals surface area (Å²) in [6, 6.07) is 4.99. The van der Waals surface area contributed by atoms with Crippen molar-refractivity contribution in [2.75, 3.05) is 12.3 Å². The molecule has 0 saturated carbocycles. The molecule has 2 heterocycles. The van der Waals surface area contributed by atoms with E-state index in [2.05, 4.69) is 0 Å². The van der Waals surface area contributed by atoms with E-state index in [0.29, 0.717) is 29.2 Å². The van der Waals surface area contributed by atoms with Gasteiger partial charge < -0.3 is 9.64 Å². The molecule has 1 aromatic rings. The molecule has 7 heteroatoms. The maximum atomic E-state index is 12.4. The van der Waals surface area contributed by atoms with Crippen molar-refractivity contribution >= 4 is 23.4 Å². The quantitative estimate of drug-likeness (QED) is 0.747. The Morgan fingerprint density at radius 2 is 2.08 bits per heavy atom. The molecule has 0 spiro atoms. The van der Waals surface area contributed by atoms with E-state index in [1.54, 1.807) is 23.1 Å². The predicted molar refractivity (Wildman–Crippen MR) is 86.9 cm³/mol. The zero-order valence-electron chi connectivity index (χ0n) is 13.4. The normalized spacial score (nSPS) is 19.8. The highest BCUT2D eigenvalue weighted by Crippen LogP contribution is 2.41. The third kappa shape index (κ3) is 3.71. The van der Waals surface area contributed by atoms with Crippen molar-refractivity contribution in [3.05, 3.63) is 29.8 Å². The molecule has 0 unspecified atom stereocenters. The molecule has 0 radical (unpaired) electrons. The fourth-order valence-electron chi connectivity index (χ4n) is 2.90. The van der Waals surface area contributed by atoms with Gasteiger partial charge in [0.25, 0.3) is 0 Å². The first-order valence-corrected chi connectivity index (χ1v) is 8.69. The number of fused-ring (bicyclic) bond motifs is 1. The van der Waals surface area contributed by atoms with Crippen molar-refractivity contribution in [1.82, 2.24) is 4.90 Å². The van der Waals surface area contributed by atoms with E-state index in [1.165, 1.54) is 0 Å². The largest absolute Gasteiger partial charge is 0.483 e. The van der Waals surface area contributed by atoms with Gasteiger partial charge in [0.1, 0.15) is 11.4 Å². The van der Waals surface area contributed by atoms with Crippen molar-refractivity contribution in [3.63, 3.8) is 0 Å². The molecule has 2 aliphatic heterocycles. The summed E-state index contributed by atoms with van der Waals surface area (Å²) in [5.41, 5.74) is 0.834. The van der Waals surface area contributed by atoms with Gasteiger partial charge in [0, 0.05) is 23.4 Å². The lowest BCUT2D eigenvalue weighted by Crippen LogP contribution is -2.34. The summed E-state index contributed by atoms with van der Waals surface area (Å²) in [6.07, 6.45) is -1.06.